The predicted molar refractivity (Wildman–Crippen MR) is 90.5 cm³/mol. The quantitative estimate of drug-likeness (QED) is 0.895. The minimum Gasteiger partial charge on any atom is -0.384 e. The van der Waals surface area contributed by atoms with Crippen LogP contribution in [0.3, 0.4) is 0 Å². The van der Waals surface area contributed by atoms with Crippen LogP contribution in [0.1, 0.15) is 24.2 Å². The zero-order chi connectivity index (χ0) is 17.6. The molecule has 1 saturated heterocycles. The molecule has 1 fully saturated rings. The van der Waals surface area contributed by atoms with Crippen LogP contribution in [-0.2, 0) is 17.8 Å². The van der Waals surface area contributed by atoms with Crippen LogP contribution in [0.5, 0.6) is 0 Å². The minimum absolute atomic E-state index is 0.0764. The van der Waals surface area contributed by atoms with Gasteiger partial charge >= 0.3 is 0 Å². The standard InChI is InChI=1S/C18H22FN3O3/c19-15-4-2-14(3-5-15)13-21-8-1-9-22(11-10-21)18(24)7-6-16-12-17(23)20-25-16/h2-5,12H,1,6-11,13H2,(H,20,23). The molecule has 0 unspecified atom stereocenters. The van der Waals surface area contributed by atoms with Crippen molar-refractivity contribution >= 4 is 5.91 Å². The largest absolute Gasteiger partial charge is 0.384 e. The van der Waals surface area contributed by atoms with E-state index < -0.39 is 0 Å². The first-order valence-electron chi connectivity index (χ1n) is 8.52. The number of nitrogens with one attached hydrogen (secondary N) is 1. The normalized spacial score (nSPS) is 16.0. The Hall–Kier alpha value is -2.41. The molecule has 0 bridgehead atoms. The Morgan fingerprint density at radius 2 is 1.96 bits per heavy atom. The molecule has 6 nitrogen and oxygen atoms in total. The third-order valence-corrected chi connectivity index (χ3v) is 4.42. The molecular formula is C18H22FN3O3. The van der Waals surface area contributed by atoms with Gasteiger partial charge in [0.1, 0.15) is 11.6 Å². The van der Waals surface area contributed by atoms with E-state index in [1.807, 2.05) is 4.90 Å². The lowest BCUT2D eigenvalue weighted by Crippen LogP contribution is -2.35. The van der Waals surface area contributed by atoms with E-state index in [2.05, 4.69) is 10.1 Å². The van der Waals surface area contributed by atoms with Gasteiger partial charge in [-0.15, -0.1) is 0 Å². The molecule has 0 aliphatic carbocycles. The fraction of sp³-hybridized carbons (Fsp3) is 0.444. The third-order valence-electron chi connectivity index (χ3n) is 4.42. The number of aromatic amines is 1. The van der Waals surface area contributed by atoms with Crippen LogP contribution in [0.2, 0.25) is 0 Å². The maximum absolute atomic E-state index is 13.0. The summed E-state index contributed by atoms with van der Waals surface area (Å²) in [5, 5.41) is 2.23. The molecule has 1 aliphatic rings. The molecule has 2 aromatic rings. The Labute approximate surface area is 145 Å². The molecule has 7 heteroatoms. The molecule has 1 amide bonds. The van der Waals surface area contributed by atoms with E-state index >= 15 is 0 Å². The number of benzene rings is 1. The topological polar surface area (TPSA) is 69.5 Å². The number of hydrogen-bond donors (Lipinski definition) is 1. The van der Waals surface area contributed by atoms with Crippen LogP contribution in [0.4, 0.5) is 4.39 Å². The molecule has 2 heterocycles. The fourth-order valence-electron chi connectivity index (χ4n) is 3.06. The minimum atomic E-state index is -0.284. The van der Waals surface area contributed by atoms with Gasteiger partial charge in [-0.2, -0.15) is 5.16 Å². The lowest BCUT2D eigenvalue weighted by atomic mass is 10.2. The fourth-order valence-corrected chi connectivity index (χ4v) is 3.06. The maximum Gasteiger partial charge on any atom is 0.280 e. The number of rotatable bonds is 5. The highest BCUT2D eigenvalue weighted by Gasteiger charge is 2.19. The van der Waals surface area contributed by atoms with Gasteiger partial charge in [-0.05, 0) is 24.1 Å². The first-order chi connectivity index (χ1) is 12.1. The second-order valence-electron chi connectivity index (χ2n) is 6.32. The Balaban J connectivity index is 1.47. The Bertz CT molecular complexity index is 753. The first kappa shape index (κ1) is 17.4. The van der Waals surface area contributed by atoms with Crippen LogP contribution in [-0.4, -0.2) is 47.0 Å². The summed E-state index contributed by atoms with van der Waals surface area (Å²) in [6, 6.07) is 7.92. The number of carbonyl (C=O) groups is 1. The SMILES string of the molecule is O=C(CCc1cc(=O)[nH]o1)N1CCCN(Cc2ccc(F)cc2)CC1. The smallest absolute Gasteiger partial charge is 0.280 e. The van der Waals surface area contributed by atoms with Gasteiger partial charge in [0.15, 0.2) is 0 Å². The number of H-pyrrole nitrogens is 1. The highest BCUT2D eigenvalue weighted by Crippen LogP contribution is 2.11. The highest BCUT2D eigenvalue weighted by molar-refractivity contribution is 5.76. The van der Waals surface area contributed by atoms with Crippen LogP contribution in [0.25, 0.3) is 0 Å². The lowest BCUT2D eigenvalue weighted by Gasteiger charge is -2.22. The van der Waals surface area contributed by atoms with Crippen molar-refractivity contribution in [2.75, 3.05) is 26.2 Å². The van der Waals surface area contributed by atoms with Gasteiger partial charge < -0.3 is 9.42 Å². The van der Waals surface area contributed by atoms with Gasteiger partial charge in [-0.25, -0.2) is 4.39 Å². The van der Waals surface area contributed by atoms with Crippen molar-refractivity contribution in [3.05, 3.63) is 57.8 Å². The summed E-state index contributed by atoms with van der Waals surface area (Å²) in [6.07, 6.45) is 1.66. The van der Waals surface area contributed by atoms with E-state index in [9.17, 15) is 14.0 Å². The van der Waals surface area contributed by atoms with Gasteiger partial charge in [-0.1, -0.05) is 12.1 Å². The van der Waals surface area contributed by atoms with Gasteiger partial charge in [0.2, 0.25) is 5.91 Å². The second-order valence-corrected chi connectivity index (χ2v) is 6.32. The molecule has 3 rings (SSSR count). The zero-order valence-corrected chi connectivity index (χ0v) is 14.0. The third kappa shape index (κ3) is 5.03. The van der Waals surface area contributed by atoms with Crippen molar-refractivity contribution in [3.8, 4) is 0 Å². The van der Waals surface area contributed by atoms with Gasteiger partial charge in [0.25, 0.3) is 5.56 Å². The van der Waals surface area contributed by atoms with Crippen LogP contribution >= 0.6 is 0 Å². The van der Waals surface area contributed by atoms with Crippen molar-refractivity contribution in [3.63, 3.8) is 0 Å². The van der Waals surface area contributed by atoms with Gasteiger partial charge in [-0.3, -0.25) is 14.5 Å². The first-order valence-corrected chi connectivity index (χ1v) is 8.52. The summed E-state index contributed by atoms with van der Waals surface area (Å²) in [5.41, 5.74) is 0.789. The molecule has 0 radical (unpaired) electrons. The Morgan fingerprint density at radius 1 is 1.16 bits per heavy atom. The summed E-state index contributed by atoms with van der Waals surface area (Å²) in [4.78, 5) is 27.5. The highest BCUT2D eigenvalue weighted by atomic mass is 19.1. The van der Waals surface area contributed by atoms with E-state index in [0.717, 1.165) is 38.2 Å². The van der Waals surface area contributed by atoms with Crippen molar-refractivity contribution in [1.82, 2.24) is 15.0 Å². The van der Waals surface area contributed by atoms with Gasteiger partial charge in [0, 0.05) is 51.6 Å². The Kier molecular flexibility index (Phi) is 5.65. The summed E-state index contributed by atoms with van der Waals surface area (Å²) in [5.74, 6) is 0.355. The molecular weight excluding hydrogens is 325 g/mol. The summed E-state index contributed by atoms with van der Waals surface area (Å²) >= 11 is 0. The van der Waals surface area contributed by atoms with Crippen molar-refractivity contribution in [2.45, 2.75) is 25.8 Å². The van der Waals surface area contributed by atoms with Crippen molar-refractivity contribution < 1.29 is 13.7 Å². The molecule has 1 aromatic heterocycles. The average Bonchev–Trinajstić information content (AvgIpc) is 2.88. The summed E-state index contributed by atoms with van der Waals surface area (Å²) < 4.78 is 18.0. The van der Waals surface area contributed by atoms with Crippen molar-refractivity contribution in [2.24, 2.45) is 0 Å². The maximum atomic E-state index is 13.0. The molecule has 0 atom stereocenters. The summed E-state index contributed by atoms with van der Waals surface area (Å²) in [7, 11) is 0. The van der Waals surface area contributed by atoms with E-state index in [-0.39, 0.29) is 17.3 Å². The number of aryl methyl sites for hydroxylation is 1. The average molecular weight is 347 g/mol. The Morgan fingerprint density at radius 3 is 2.68 bits per heavy atom. The molecule has 134 valence electrons. The number of halogens is 1. The van der Waals surface area contributed by atoms with Crippen LogP contribution < -0.4 is 5.56 Å². The van der Waals surface area contributed by atoms with Crippen molar-refractivity contribution in [1.29, 1.82) is 0 Å². The number of amides is 1. The lowest BCUT2D eigenvalue weighted by molar-refractivity contribution is -0.131. The molecule has 1 aliphatic heterocycles. The monoisotopic (exact) mass is 347 g/mol. The van der Waals surface area contributed by atoms with E-state index in [1.165, 1.54) is 18.2 Å². The molecule has 1 aromatic carbocycles. The number of aromatic nitrogens is 1. The number of carbonyl (C=O) groups excluding carboxylic acids is 1. The van der Waals surface area contributed by atoms with Crippen LogP contribution in [0.15, 0.2) is 39.6 Å². The summed E-state index contributed by atoms with van der Waals surface area (Å²) in [6.45, 7) is 3.87. The van der Waals surface area contributed by atoms with Crippen LogP contribution in [0, 0.1) is 5.82 Å². The van der Waals surface area contributed by atoms with E-state index in [4.69, 9.17) is 4.52 Å². The zero-order valence-electron chi connectivity index (χ0n) is 14.0. The molecule has 1 N–H and O–H groups in total. The molecule has 25 heavy (non-hydrogen) atoms. The second kappa shape index (κ2) is 8.11. The predicted octanol–water partition coefficient (Wildman–Crippen LogP) is 1.77. The van der Waals surface area contributed by atoms with E-state index in [0.29, 0.717) is 25.1 Å². The number of hydrogen-bond acceptors (Lipinski definition) is 4. The number of nitrogens with zero attached hydrogens (tertiary/aromatic N) is 2. The molecule has 0 saturated carbocycles. The molecule has 0 spiro atoms. The van der Waals surface area contributed by atoms with Gasteiger partial charge in [0.05, 0.1) is 0 Å². The van der Waals surface area contributed by atoms with E-state index in [1.54, 1.807) is 12.1 Å².